The van der Waals surface area contributed by atoms with Gasteiger partial charge in [-0.05, 0) is 58.7 Å². The zero-order valence-electron chi connectivity index (χ0n) is 10.2. The highest BCUT2D eigenvalue weighted by atomic mass is 79.9. The van der Waals surface area contributed by atoms with E-state index < -0.39 is 0 Å². The summed E-state index contributed by atoms with van der Waals surface area (Å²) in [6, 6.07) is 8.21. The molecule has 1 aromatic carbocycles. The maximum Gasteiger partial charge on any atom is 0.0590 e. The van der Waals surface area contributed by atoms with Crippen molar-refractivity contribution in [2.24, 2.45) is 0 Å². The summed E-state index contributed by atoms with van der Waals surface area (Å²) >= 11 is 9.48. The molecule has 94 valence electrons. The number of hydrogen-bond acceptors (Lipinski definition) is 2. The number of nitrogens with one attached hydrogen (secondary N) is 1. The standard InChI is InChI=1S/C14H14BrClN2/c1-9-5-11(8-18-7-9)14(17-2)10-3-4-13(16)12(15)6-10/h3-8,14,17H,1-2H3. The smallest absolute Gasteiger partial charge is 0.0590 e. The lowest BCUT2D eigenvalue weighted by Gasteiger charge is -2.18. The van der Waals surface area contributed by atoms with Crippen molar-refractivity contribution >= 4 is 27.5 Å². The SMILES string of the molecule is CNC(c1cncc(C)c1)c1ccc(Cl)c(Br)c1. The Morgan fingerprint density at radius 3 is 2.61 bits per heavy atom. The Morgan fingerprint density at radius 2 is 2.00 bits per heavy atom. The molecule has 4 heteroatoms. The molecule has 0 saturated carbocycles. The van der Waals surface area contributed by atoms with Gasteiger partial charge in [0.25, 0.3) is 0 Å². The van der Waals surface area contributed by atoms with Crippen molar-refractivity contribution in [2.45, 2.75) is 13.0 Å². The molecule has 0 bridgehead atoms. The van der Waals surface area contributed by atoms with Crippen molar-refractivity contribution in [2.75, 3.05) is 7.05 Å². The molecule has 0 fully saturated rings. The van der Waals surface area contributed by atoms with Gasteiger partial charge in [0.1, 0.15) is 0 Å². The summed E-state index contributed by atoms with van der Waals surface area (Å²) in [5.74, 6) is 0. The van der Waals surface area contributed by atoms with Gasteiger partial charge in [-0.25, -0.2) is 0 Å². The van der Waals surface area contributed by atoms with E-state index >= 15 is 0 Å². The van der Waals surface area contributed by atoms with Gasteiger partial charge in [0.15, 0.2) is 0 Å². The second-order valence-corrected chi connectivity index (χ2v) is 5.45. The predicted molar refractivity (Wildman–Crippen MR) is 79.0 cm³/mol. The molecule has 2 nitrogen and oxygen atoms in total. The topological polar surface area (TPSA) is 24.9 Å². The van der Waals surface area contributed by atoms with E-state index in [9.17, 15) is 0 Å². The maximum atomic E-state index is 6.02. The highest BCUT2D eigenvalue weighted by Gasteiger charge is 2.13. The van der Waals surface area contributed by atoms with Crippen LogP contribution < -0.4 is 5.32 Å². The molecule has 1 aromatic heterocycles. The Hall–Kier alpha value is -0.900. The maximum absolute atomic E-state index is 6.02. The van der Waals surface area contributed by atoms with Crippen LogP contribution in [0.2, 0.25) is 5.02 Å². The van der Waals surface area contributed by atoms with Gasteiger partial charge in [-0.1, -0.05) is 23.7 Å². The van der Waals surface area contributed by atoms with Gasteiger partial charge >= 0.3 is 0 Å². The fraction of sp³-hybridized carbons (Fsp3) is 0.214. The highest BCUT2D eigenvalue weighted by Crippen LogP contribution is 2.28. The minimum atomic E-state index is 0.117. The van der Waals surface area contributed by atoms with Crippen molar-refractivity contribution in [3.8, 4) is 0 Å². The van der Waals surface area contributed by atoms with E-state index in [0.717, 1.165) is 26.2 Å². The van der Waals surface area contributed by atoms with Crippen LogP contribution in [0.4, 0.5) is 0 Å². The first-order valence-electron chi connectivity index (χ1n) is 5.65. The quantitative estimate of drug-likeness (QED) is 0.918. The number of aromatic nitrogens is 1. The second-order valence-electron chi connectivity index (χ2n) is 4.19. The summed E-state index contributed by atoms with van der Waals surface area (Å²) in [6.45, 7) is 2.04. The predicted octanol–water partition coefficient (Wildman–Crippen LogP) is 4.11. The molecule has 1 heterocycles. The number of hydrogen-bond donors (Lipinski definition) is 1. The monoisotopic (exact) mass is 324 g/mol. The second kappa shape index (κ2) is 5.83. The minimum Gasteiger partial charge on any atom is -0.309 e. The van der Waals surface area contributed by atoms with E-state index in [2.05, 4.69) is 32.3 Å². The highest BCUT2D eigenvalue weighted by molar-refractivity contribution is 9.10. The number of halogens is 2. The minimum absolute atomic E-state index is 0.117. The van der Waals surface area contributed by atoms with E-state index in [1.165, 1.54) is 0 Å². The summed E-state index contributed by atoms with van der Waals surface area (Å²) in [5, 5.41) is 4.02. The van der Waals surface area contributed by atoms with E-state index in [0.29, 0.717) is 0 Å². The van der Waals surface area contributed by atoms with Crippen LogP contribution in [-0.4, -0.2) is 12.0 Å². The molecular weight excluding hydrogens is 312 g/mol. The van der Waals surface area contributed by atoms with E-state index in [1.807, 2.05) is 44.6 Å². The largest absolute Gasteiger partial charge is 0.309 e. The average Bonchev–Trinajstić information content (AvgIpc) is 2.35. The number of aryl methyl sites for hydroxylation is 1. The van der Waals surface area contributed by atoms with Crippen LogP contribution in [0, 0.1) is 6.92 Å². The van der Waals surface area contributed by atoms with Crippen molar-refractivity contribution in [3.63, 3.8) is 0 Å². The number of pyridine rings is 1. The number of nitrogens with zero attached hydrogens (tertiary/aromatic N) is 1. The molecule has 1 atom stereocenters. The van der Waals surface area contributed by atoms with Crippen LogP contribution in [-0.2, 0) is 0 Å². The first kappa shape index (κ1) is 13.5. The fourth-order valence-corrected chi connectivity index (χ4v) is 2.47. The van der Waals surface area contributed by atoms with Crippen LogP contribution in [0.3, 0.4) is 0 Å². The summed E-state index contributed by atoms with van der Waals surface area (Å²) in [7, 11) is 1.94. The van der Waals surface area contributed by atoms with Gasteiger partial charge in [0, 0.05) is 16.9 Å². The zero-order chi connectivity index (χ0) is 13.1. The molecule has 0 aliphatic rings. The van der Waals surface area contributed by atoms with Crippen LogP contribution in [0.1, 0.15) is 22.7 Å². The molecule has 2 aromatic rings. The molecular formula is C14H14BrClN2. The van der Waals surface area contributed by atoms with Crippen LogP contribution >= 0.6 is 27.5 Å². The Bertz CT molecular complexity index is 557. The zero-order valence-corrected chi connectivity index (χ0v) is 12.6. The van der Waals surface area contributed by atoms with Crippen molar-refractivity contribution in [1.82, 2.24) is 10.3 Å². The molecule has 18 heavy (non-hydrogen) atoms. The average molecular weight is 326 g/mol. The molecule has 1 unspecified atom stereocenters. The summed E-state index contributed by atoms with van der Waals surface area (Å²) < 4.78 is 0.905. The number of benzene rings is 1. The third-order valence-corrected chi connectivity index (χ3v) is 4.01. The Kier molecular flexibility index (Phi) is 4.38. The first-order chi connectivity index (χ1) is 8.61. The van der Waals surface area contributed by atoms with E-state index in [1.54, 1.807) is 0 Å². The first-order valence-corrected chi connectivity index (χ1v) is 6.82. The lowest BCUT2D eigenvalue weighted by Crippen LogP contribution is -2.18. The molecule has 0 saturated heterocycles. The molecule has 0 amide bonds. The molecule has 0 aliphatic heterocycles. The number of rotatable bonds is 3. The third kappa shape index (κ3) is 2.91. The molecule has 0 radical (unpaired) electrons. The van der Waals surface area contributed by atoms with Gasteiger partial charge in [-0.2, -0.15) is 0 Å². The van der Waals surface area contributed by atoms with Gasteiger partial charge in [-0.15, -0.1) is 0 Å². The summed E-state index contributed by atoms with van der Waals surface area (Å²) in [5.41, 5.74) is 3.45. The molecule has 1 N–H and O–H groups in total. The Labute approximate surface area is 121 Å². The molecule has 0 aliphatic carbocycles. The van der Waals surface area contributed by atoms with E-state index in [-0.39, 0.29) is 6.04 Å². The summed E-state index contributed by atoms with van der Waals surface area (Å²) in [6.07, 6.45) is 3.74. The van der Waals surface area contributed by atoms with Gasteiger partial charge in [0.05, 0.1) is 11.1 Å². The van der Waals surface area contributed by atoms with Crippen LogP contribution in [0.5, 0.6) is 0 Å². The lowest BCUT2D eigenvalue weighted by atomic mass is 9.99. The molecule has 0 spiro atoms. The van der Waals surface area contributed by atoms with Crippen molar-refractivity contribution in [1.29, 1.82) is 0 Å². The van der Waals surface area contributed by atoms with Crippen LogP contribution in [0.15, 0.2) is 41.1 Å². The lowest BCUT2D eigenvalue weighted by molar-refractivity contribution is 0.687. The Balaban J connectivity index is 2.42. The van der Waals surface area contributed by atoms with Gasteiger partial charge < -0.3 is 5.32 Å². The molecule has 2 rings (SSSR count). The normalized spacial score (nSPS) is 12.4. The van der Waals surface area contributed by atoms with E-state index in [4.69, 9.17) is 11.6 Å². The van der Waals surface area contributed by atoms with Crippen molar-refractivity contribution < 1.29 is 0 Å². The van der Waals surface area contributed by atoms with Crippen LogP contribution in [0.25, 0.3) is 0 Å². The van der Waals surface area contributed by atoms with Crippen molar-refractivity contribution in [3.05, 3.63) is 62.8 Å². The summed E-state index contributed by atoms with van der Waals surface area (Å²) in [4.78, 5) is 4.24. The Morgan fingerprint density at radius 1 is 1.22 bits per heavy atom. The fourth-order valence-electron chi connectivity index (χ4n) is 1.95. The van der Waals surface area contributed by atoms with Gasteiger partial charge in [0.2, 0.25) is 0 Å². The third-order valence-electron chi connectivity index (χ3n) is 2.80. The van der Waals surface area contributed by atoms with Gasteiger partial charge in [-0.3, -0.25) is 4.98 Å².